The van der Waals surface area contributed by atoms with Gasteiger partial charge in [-0.05, 0) is 25.3 Å². The van der Waals surface area contributed by atoms with Gasteiger partial charge < -0.3 is 15.2 Å². The summed E-state index contributed by atoms with van der Waals surface area (Å²) < 4.78 is 9.93. The number of hydrogen-bond acceptors (Lipinski definition) is 5. The topological polar surface area (TPSA) is 73.6 Å². The minimum absolute atomic E-state index is 0.134. The maximum Gasteiger partial charge on any atom is 0.323 e. The van der Waals surface area contributed by atoms with Crippen LogP contribution in [0.25, 0.3) is 0 Å². The molecule has 0 radical (unpaired) electrons. The van der Waals surface area contributed by atoms with Gasteiger partial charge in [0.2, 0.25) is 0 Å². The van der Waals surface area contributed by atoms with Crippen molar-refractivity contribution in [3.63, 3.8) is 0 Å². The van der Waals surface area contributed by atoms with E-state index in [1.54, 1.807) is 7.11 Å². The lowest BCUT2D eigenvalue weighted by Crippen LogP contribution is -2.48. The Hall–Kier alpha value is -0.650. The number of carbonyl (C=O) groups is 1. The molecule has 0 aliphatic heterocycles. The van der Waals surface area contributed by atoms with Crippen LogP contribution in [0.15, 0.2) is 0 Å². The molecule has 5 heteroatoms. The van der Waals surface area contributed by atoms with E-state index in [0.29, 0.717) is 13.2 Å². The van der Waals surface area contributed by atoms with Crippen molar-refractivity contribution < 1.29 is 14.3 Å². The third-order valence-electron chi connectivity index (χ3n) is 2.66. The van der Waals surface area contributed by atoms with E-state index in [2.05, 4.69) is 5.32 Å². The van der Waals surface area contributed by atoms with Crippen molar-refractivity contribution in [3.8, 4) is 0 Å². The molecule has 0 aromatic heterocycles. The van der Waals surface area contributed by atoms with Crippen LogP contribution in [0.1, 0.15) is 26.7 Å². The summed E-state index contributed by atoms with van der Waals surface area (Å²) in [6.45, 7) is 5.19. The second-order valence-electron chi connectivity index (χ2n) is 4.49. The Morgan fingerprint density at radius 1 is 1.35 bits per heavy atom. The number of nitrogens with one attached hydrogen (secondary N) is 1. The summed E-state index contributed by atoms with van der Waals surface area (Å²) in [6.07, 6.45) is 1.80. The van der Waals surface area contributed by atoms with E-state index in [1.807, 2.05) is 13.8 Å². The molecule has 0 aliphatic carbocycles. The van der Waals surface area contributed by atoms with Gasteiger partial charge in [0, 0.05) is 13.2 Å². The lowest BCUT2D eigenvalue weighted by molar-refractivity contribution is -0.144. The molecule has 102 valence electrons. The Balaban J connectivity index is 4.38. The van der Waals surface area contributed by atoms with E-state index in [-0.39, 0.29) is 24.0 Å². The Morgan fingerprint density at radius 3 is 2.41 bits per heavy atom. The number of carbonyl (C=O) groups excluding carboxylic acids is 1. The van der Waals surface area contributed by atoms with Crippen molar-refractivity contribution in [2.45, 2.75) is 38.8 Å². The summed E-state index contributed by atoms with van der Waals surface area (Å²) in [7, 11) is 3.06. The highest BCUT2D eigenvalue weighted by Gasteiger charge is 2.25. The lowest BCUT2D eigenvalue weighted by Gasteiger charge is -2.26. The van der Waals surface area contributed by atoms with E-state index in [9.17, 15) is 4.79 Å². The van der Waals surface area contributed by atoms with Crippen LogP contribution in [0.5, 0.6) is 0 Å². The van der Waals surface area contributed by atoms with Crippen LogP contribution < -0.4 is 11.1 Å². The van der Waals surface area contributed by atoms with E-state index in [4.69, 9.17) is 15.2 Å². The molecule has 0 aromatic carbocycles. The van der Waals surface area contributed by atoms with Gasteiger partial charge in [-0.3, -0.25) is 10.1 Å². The molecule has 0 spiro atoms. The van der Waals surface area contributed by atoms with Crippen LogP contribution in [0.4, 0.5) is 0 Å². The third-order valence-corrected chi connectivity index (χ3v) is 2.66. The minimum atomic E-state index is -0.294. The zero-order valence-electron chi connectivity index (χ0n) is 11.4. The van der Waals surface area contributed by atoms with Crippen molar-refractivity contribution in [3.05, 3.63) is 0 Å². The molecule has 0 aliphatic rings. The first-order valence-corrected chi connectivity index (χ1v) is 6.09. The number of nitrogens with two attached hydrogens (primary N) is 1. The highest BCUT2D eigenvalue weighted by atomic mass is 16.5. The summed E-state index contributed by atoms with van der Waals surface area (Å²) in [5.41, 5.74) is 5.49. The average molecular weight is 246 g/mol. The zero-order chi connectivity index (χ0) is 13.3. The lowest BCUT2D eigenvalue weighted by atomic mass is 10.0. The fourth-order valence-corrected chi connectivity index (χ4v) is 1.69. The summed E-state index contributed by atoms with van der Waals surface area (Å²) in [5, 5.41) is 3.28. The van der Waals surface area contributed by atoms with E-state index < -0.39 is 0 Å². The highest BCUT2D eigenvalue weighted by molar-refractivity contribution is 5.75. The Labute approximate surface area is 104 Å². The van der Waals surface area contributed by atoms with Crippen LogP contribution in [0.3, 0.4) is 0 Å². The molecule has 0 aromatic rings. The summed E-state index contributed by atoms with van der Waals surface area (Å²) in [5.74, 6) is -0.0477. The fourth-order valence-electron chi connectivity index (χ4n) is 1.69. The highest BCUT2D eigenvalue weighted by Crippen LogP contribution is 2.07. The summed E-state index contributed by atoms with van der Waals surface area (Å²) in [6, 6.07) is -0.159. The molecule has 3 N–H and O–H groups in total. The smallest absolute Gasteiger partial charge is 0.323 e. The number of esters is 1. The second kappa shape index (κ2) is 9.39. The van der Waals surface area contributed by atoms with E-state index in [0.717, 1.165) is 12.8 Å². The second-order valence-corrected chi connectivity index (χ2v) is 4.49. The van der Waals surface area contributed by atoms with Crippen molar-refractivity contribution in [2.24, 2.45) is 11.7 Å². The monoisotopic (exact) mass is 246 g/mol. The standard InChI is InChI=1S/C12H26N2O3/c1-9(2)11(12(15)17-4)14-10(8-16-3)6-5-7-13/h9-11,14H,5-8,13H2,1-4H3. The molecule has 0 fully saturated rings. The first-order valence-electron chi connectivity index (χ1n) is 6.09. The van der Waals surface area contributed by atoms with Crippen LogP contribution in [0.2, 0.25) is 0 Å². The van der Waals surface area contributed by atoms with Gasteiger partial charge in [-0.25, -0.2) is 0 Å². The Morgan fingerprint density at radius 2 is 2.00 bits per heavy atom. The van der Waals surface area contributed by atoms with Gasteiger partial charge in [0.25, 0.3) is 0 Å². The molecule has 2 atom stereocenters. The predicted octanol–water partition coefficient (Wildman–Crippen LogP) is 0.528. The predicted molar refractivity (Wildman–Crippen MR) is 67.7 cm³/mol. The molecule has 0 saturated heterocycles. The van der Waals surface area contributed by atoms with Crippen LogP contribution in [-0.4, -0.2) is 45.4 Å². The van der Waals surface area contributed by atoms with Gasteiger partial charge in [0.05, 0.1) is 13.7 Å². The maximum atomic E-state index is 11.6. The normalized spacial score (nSPS) is 14.7. The van der Waals surface area contributed by atoms with E-state index >= 15 is 0 Å². The number of methoxy groups -OCH3 is 2. The molecular formula is C12H26N2O3. The van der Waals surface area contributed by atoms with Crippen LogP contribution in [0, 0.1) is 5.92 Å². The Bertz CT molecular complexity index is 210. The number of hydrogen-bond donors (Lipinski definition) is 2. The molecular weight excluding hydrogens is 220 g/mol. The zero-order valence-corrected chi connectivity index (χ0v) is 11.4. The molecule has 0 amide bonds. The summed E-state index contributed by atoms with van der Waals surface area (Å²) >= 11 is 0. The quantitative estimate of drug-likeness (QED) is 0.580. The van der Waals surface area contributed by atoms with Gasteiger partial charge in [-0.15, -0.1) is 0 Å². The maximum absolute atomic E-state index is 11.6. The fraction of sp³-hybridized carbons (Fsp3) is 0.917. The minimum Gasteiger partial charge on any atom is -0.468 e. The van der Waals surface area contributed by atoms with Gasteiger partial charge in [-0.1, -0.05) is 13.8 Å². The van der Waals surface area contributed by atoms with Gasteiger partial charge in [0.1, 0.15) is 6.04 Å². The van der Waals surface area contributed by atoms with Gasteiger partial charge in [-0.2, -0.15) is 0 Å². The van der Waals surface area contributed by atoms with Crippen LogP contribution >= 0.6 is 0 Å². The largest absolute Gasteiger partial charge is 0.468 e. The van der Waals surface area contributed by atoms with Gasteiger partial charge >= 0.3 is 5.97 Å². The number of rotatable bonds is 9. The molecule has 5 nitrogen and oxygen atoms in total. The number of ether oxygens (including phenoxy) is 2. The van der Waals surface area contributed by atoms with E-state index in [1.165, 1.54) is 7.11 Å². The molecule has 0 rings (SSSR count). The van der Waals surface area contributed by atoms with Crippen LogP contribution in [-0.2, 0) is 14.3 Å². The molecule has 17 heavy (non-hydrogen) atoms. The SMILES string of the molecule is COCC(CCCN)NC(C(=O)OC)C(C)C. The van der Waals surface area contributed by atoms with Crippen molar-refractivity contribution in [1.29, 1.82) is 0 Å². The van der Waals surface area contributed by atoms with Crippen molar-refractivity contribution in [1.82, 2.24) is 5.32 Å². The first-order chi connectivity index (χ1) is 8.06. The molecule has 0 bridgehead atoms. The van der Waals surface area contributed by atoms with Crippen molar-refractivity contribution in [2.75, 3.05) is 27.4 Å². The van der Waals surface area contributed by atoms with Crippen molar-refractivity contribution >= 4 is 5.97 Å². The molecule has 0 heterocycles. The summed E-state index contributed by atoms with van der Waals surface area (Å²) in [4.78, 5) is 11.6. The van der Waals surface area contributed by atoms with Gasteiger partial charge in [0.15, 0.2) is 0 Å². The third kappa shape index (κ3) is 6.61. The molecule has 2 unspecified atom stereocenters. The Kier molecular flexibility index (Phi) is 9.03. The average Bonchev–Trinajstić information content (AvgIpc) is 2.31. The first kappa shape index (κ1) is 16.4. The molecule has 0 saturated carbocycles.